The highest BCUT2D eigenvalue weighted by atomic mass is 32.1. The second kappa shape index (κ2) is 8.17. The largest absolute Gasteiger partial charge is 0.357 e. The van der Waals surface area contributed by atoms with Crippen molar-refractivity contribution in [2.45, 2.75) is 20.0 Å². The summed E-state index contributed by atoms with van der Waals surface area (Å²) in [5, 5.41) is 7.83. The first kappa shape index (κ1) is 18.6. The van der Waals surface area contributed by atoms with Gasteiger partial charge in [-0.15, -0.1) is 11.3 Å². The van der Waals surface area contributed by atoms with Crippen molar-refractivity contribution in [3.05, 3.63) is 107 Å². The average Bonchev–Trinajstić information content (AvgIpc) is 3.36. The van der Waals surface area contributed by atoms with Gasteiger partial charge in [-0.3, -0.25) is 0 Å². The lowest BCUT2D eigenvalue weighted by Gasteiger charge is -2.09. The molecule has 0 aliphatic carbocycles. The minimum atomic E-state index is 0.780. The molecule has 1 N–H and O–H groups in total. The van der Waals surface area contributed by atoms with Crippen LogP contribution >= 0.6 is 11.3 Å². The molecule has 2 aromatic heterocycles. The summed E-state index contributed by atoms with van der Waals surface area (Å²) < 4.78 is 2.40. The highest BCUT2D eigenvalue weighted by Crippen LogP contribution is 2.36. The fourth-order valence-electron chi connectivity index (χ4n) is 3.97. The summed E-state index contributed by atoms with van der Waals surface area (Å²) in [4.78, 5) is 4.92. The molecule has 0 bridgehead atoms. The Kier molecular flexibility index (Phi) is 5.08. The Morgan fingerprint density at radius 1 is 0.833 bits per heavy atom. The molecular weight excluding hydrogens is 386 g/mol. The van der Waals surface area contributed by atoms with E-state index in [1.54, 1.807) is 11.3 Å². The molecule has 0 aliphatic heterocycles. The van der Waals surface area contributed by atoms with Gasteiger partial charge in [0.1, 0.15) is 0 Å². The van der Waals surface area contributed by atoms with Gasteiger partial charge in [0, 0.05) is 40.6 Å². The van der Waals surface area contributed by atoms with E-state index in [-0.39, 0.29) is 0 Å². The maximum absolute atomic E-state index is 4.92. The topological polar surface area (TPSA) is 29.9 Å². The number of nitrogens with one attached hydrogen (secondary N) is 1. The minimum Gasteiger partial charge on any atom is -0.357 e. The molecule has 5 rings (SSSR count). The molecule has 0 fully saturated rings. The summed E-state index contributed by atoms with van der Waals surface area (Å²) in [6, 6.07) is 29.7. The van der Waals surface area contributed by atoms with Crippen LogP contribution in [-0.4, -0.2) is 9.55 Å². The van der Waals surface area contributed by atoms with Crippen molar-refractivity contribution in [1.29, 1.82) is 0 Å². The number of aromatic nitrogens is 2. The lowest BCUT2D eigenvalue weighted by Crippen LogP contribution is -2.01. The zero-order valence-electron chi connectivity index (χ0n) is 16.9. The van der Waals surface area contributed by atoms with E-state index in [9.17, 15) is 0 Å². The zero-order chi connectivity index (χ0) is 20.3. The summed E-state index contributed by atoms with van der Waals surface area (Å²) >= 11 is 1.66. The number of nitrogens with zero attached hydrogens (tertiary/aromatic N) is 2. The molecule has 0 atom stereocenters. The van der Waals surface area contributed by atoms with Gasteiger partial charge in [-0.25, -0.2) is 4.98 Å². The Balaban J connectivity index is 1.49. The number of anilines is 1. The predicted molar refractivity (Wildman–Crippen MR) is 127 cm³/mol. The van der Waals surface area contributed by atoms with E-state index in [1.165, 1.54) is 33.3 Å². The molecule has 148 valence electrons. The van der Waals surface area contributed by atoms with Crippen molar-refractivity contribution in [3.8, 4) is 11.3 Å². The second-order valence-electron chi connectivity index (χ2n) is 7.43. The van der Waals surface area contributed by atoms with Crippen LogP contribution in [0.5, 0.6) is 0 Å². The molecule has 0 unspecified atom stereocenters. The van der Waals surface area contributed by atoms with Crippen LogP contribution in [0.1, 0.15) is 16.8 Å². The fraction of sp³-hybridized carbons (Fsp3) is 0.115. The summed E-state index contributed by atoms with van der Waals surface area (Å²) in [6.45, 7) is 3.84. The van der Waals surface area contributed by atoms with E-state index < -0.39 is 0 Å². The van der Waals surface area contributed by atoms with Crippen LogP contribution in [0, 0.1) is 6.92 Å². The Bertz CT molecular complexity index is 1270. The number of thiazole rings is 1. The van der Waals surface area contributed by atoms with Gasteiger partial charge in [-0.1, -0.05) is 78.9 Å². The Labute approximate surface area is 180 Å². The fourth-order valence-corrected chi connectivity index (χ4v) is 4.67. The van der Waals surface area contributed by atoms with Gasteiger partial charge in [-0.2, -0.15) is 0 Å². The number of fused-ring (bicyclic) bond motifs is 1. The highest BCUT2D eigenvalue weighted by Gasteiger charge is 2.17. The lowest BCUT2D eigenvalue weighted by molar-refractivity contribution is 0.806. The van der Waals surface area contributed by atoms with E-state index in [4.69, 9.17) is 4.98 Å². The third-order valence-corrected chi connectivity index (χ3v) is 6.26. The molecule has 0 saturated heterocycles. The maximum Gasteiger partial charge on any atom is 0.183 e. The SMILES string of the molecule is Cc1c(-c2csc(NCc3ccccc3)n2)c2ccccc2n1Cc1ccccc1. The van der Waals surface area contributed by atoms with Crippen LogP contribution in [0.15, 0.2) is 90.3 Å². The van der Waals surface area contributed by atoms with Crippen molar-refractivity contribution < 1.29 is 0 Å². The predicted octanol–water partition coefficient (Wildman–Crippen LogP) is 6.73. The Morgan fingerprint density at radius 3 is 2.27 bits per heavy atom. The number of para-hydroxylation sites is 1. The zero-order valence-corrected chi connectivity index (χ0v) is 17.7. The normalized spacial score (nSPS) is 11.1. The van der Waals surface area contributed by atoms with E-state index >= 15 is 0 Å². The van der Waals surface area contributed by atoms with Gasteiger partial charge in [0.05, 0.1) is 5.69 Å². The quantitative estimate of drug-likeness (QED) is 0.337. The van der Waals surface area contributed by atoms with Crippen LogP contribution in [0.4, 0.5) is 5.13 Å². The summed E-state index contributed by atoms with van der Waals surface area (Å²) in [6.07, 6.45) is 0. The molecule has 3 aromatic carbocycles. The standard InChI is InChI=1S/C26H23N3S/c1-19-25(23-18-30-26(28-23)27-16-20-10-4-2-5-11-20)22-14-8-9-15-24(22)29(19)17-21-12-6-3-7-13-21/h2-15,18H,16-17H2,1H3,(H,27,28). The number of rotatable bonds is 6. The van der Waals surface area contributed by atoms with Crippen molar-refractivity contribution in [3.63, 3.8) is 0 Å². The first-order valence-corrected chi connectivity index (χ1v) is 11.0. The summed E-state index contributed by atoms with van der Waals surface area (Å²) in [5.41, 5.74) is 7.32. The molecule has 4 heteroatoms. The summed E-state index contributed by atoms with van der Waals surface area (Å²) in [7, 11) is 0. The molecule has 2 heterocycles. The van der Waals surface area contributed by atoms with Gasteiger partial charge in [0.2, 0.25) is 0 Å². The van der Waals surface area contributed by atoms with E-state index in [0.717, 1.165) is 23.9 Å². The first-order chi connectivity index (χ1) is 14.8. The number of benzene rings is 3. The van der Waals surface area contributed by atoms with E-state index in [0.29, 0.717) is 0 Å². The van der Waals surface area contributed by atoms with Crippen molar-refractivity contribution in [1.82, 2.24) is 9.55 Å². The van der Waals surface area contributed by atoms with Crippen LogP contribution < -0.4 is 5.32 Å². The Morgan fingerprint density at radius 2 is 1.50 bits per heavy atom. The molecule has 3 nitrogen and oxygen atoms in total. The van der Waals surface area contributed by atoms with Gasteiger partial charge in [-0.05, 0) is 24.1 Å². The van der Waals surface area contributed by atoms with Crippen LogP contribution in [0.3, 0.4) is 0 Å². The third kappa shape index (κ3) is 3.62. The maximum atomic E-state index is 4.92. The molecule has 30 heavy (non-hydrogen) atoms. The van der Waals surface area contributed by atoms with Gasteiger partial charge < -0.3 is 9.88 Å². The van der Waals surface area contributed by atoms with Crippen molar-refractivity contribution >= 4 is 27.4 Å². The number of hydrogen-bond donors (Lipinski definition) is 1. The molecule has 5 aromatic rings. The van der Waals surface area contributed by atoms with Gasteiger partial charge in [0.15, 0.2) is 5.13 Å². The average molecular weight is 410 g/mol. The third-order valence-electron chi connectivity index (χ3n) is 5.46. The molecule has 0 spiro atoms. The second-order valence-corrected chi connectivity index (χ2v) is 8.28. The first-order valence-electron chi connectivity index (χ1n) is 10.1. The smallest absolute Gasteiger partial charge is 0.183 e. The van der Waals surface area contributed by atoms with Crippen LogP contribution in [-0.2, 0) is 13.1 Å². The van der Waals surface area contributed by atoms with Crippen molar-refractivity contribution in [2.75, 3.05) is 5.32 Å². The molecule has 0 aliphatic rings. The molecule has 0 radical (unpaired) electrons. The summed E-state index contributed by atoms with van der Waals surface area (Å²) in [5.74, 6) is 0. The minimum absolute atomic E-state index is 0.780. The van der Waals surface area contributed by atoms with Crippen molar-refractivity contribution in [2.24, 2.45) is 0 Å². The number of hydrogen-bond acceptors (Lipinski definition) is 3. The van der Waals surface area contributed by atoms with E-state index in [1.807, 2.05) is 6.07 Å². The lowest BCUT2D eigenvalue weighted by atomic mass is 10.1. The molecule has 0 saturated carbocycles. The van der Waals surface area contributed by atoms with E-state index in [2.05, 4.69) is 101 Å². The van der Waals surface area contributed by atoms with Gasteiger partial charge in [0.25, 0.3) is 0 Å². The van der Waals surface area contributed by atoms with Crippen LogP contribution in [0.2, 0.25) is 0 Å². The monoisotopic (exact) mass is 409 g/mol. The van der Waals surface area contributed by atoms with Gasteiger partial charge >= 0.3 is 0 Å². The highest BCUT2D eigenvalue weighted by molar-refractivity contribution is 7.14. The van der Waals surface area contributed by atoms with Crippen LogP contribution in [0.25, 0.3) is 22.2 Å². The molecule has 0 amide bonds. The Hall–Kier alpha value is -3.37. The molecular formula is C26H23N3S.